The lowest BCUT2D eigenvalue weighted by atomic mass is 9.92. The number of amides is 2. The van der Waals surface area contributed by atoms with E-state index in [9.17, 15) is 4.79 Å². The molecule has 2 aromatic carbocycles. The van der Waals surface area contributed by atoms with Gasteiger partial charge in [0.1, 0.15) is 5.82 Å². The fraction of sp³-hybridized carbons (Fsp3) is 0.214. The monoisotopic (exact) mass is 547 g/mol. The van der Waals surface area contributed by atoms with Gasteiger partial charge in [-0.05, 0) is 42.8 Å². The molecule has 5 aromatic rings. The number of nitrogens with one attached hydrogen (secondary N) is 2. The number of pyridine rings is 1. The van der Waals surface area contributed by atoms with Gasteiger partial charge in [-0.25, -0.2) is 9.48 Å². The standard InChI is InChI=1S/C28H27Cl2N7O/c1-16-26-22(14-31-15-23(26)36(5)34-16)17-6-8-20(9-7-17)32-27(38)33-25-13-24(28(2,3)4)35-37(25)21-11-18(29)10-19(30)12-21/h6-15H,1-5H3,(H2,32,33,38). The van der Waals surface area contributed by atoms with Gasteiger partial charge < -0.3 is 5.32 Å². The van der Waals surface area contributed by atoms with E-state index in [2.05, 4.69) is 41.5 Å². The van der Waals surface area contributed by atoms with Crippen molar-refractivity contribution in [2.45, 2.75) is 33.1 Å². The van der Waals surface area contributed by atoms with Crippen LogP contribution in [-0.2, 0) is 12.5 Å². The molecule has 10 heteroatoms. The van der Waals surface area contributed by atoms with E-state index in [1.807, 2.05) is 61.4 Å². The zero-order chi connectivity index (χ0) is 27.2. The first-order valence-electron chi connectivity index (χ1n) is 12.0. The van der Waals surface area contributed by atoms with Crippen molar-refractivity contribution >= 4 is 51.6 Å². The van der Waals surface area contributed by atoms with Crippen molar-refractivity contribution in [1.29, 1.82) is 0 Å². The fourth-order valence-electron chi connectivity index (χ4n) is 4.33. The molecule has 0 saturated carbocycles. The average Bonchev–Trinajstić information content (AvgIpc) is 3.40. The maximum absolute atomic E-state index is 13.0. The van der Waals surface area contributed by atoms with Gasteiger partial charge in [-0.1, -0.05) is 56.1 Å². The van der Waals surface area contributed by atoms with E-state index in [0.29, 0.717) is 27.2 Å². The molecule has 0 bridgehead atoms. The predicted octanol–water partition coefficient (Wildman–Crippen LogP) is 7.38. The van der Waals surface area contributed by atoms with Gasteiger partial charge in [0.05, 0.1) is 28.8 Å². The highest BCUT2D eigenvalue weighted by atomic mass is 35.5. The smallest absolute Gasteiger partial charge is 0.308 e. The second-order valence-electron chi connectivity index (χ2n) is 10.2. The van der Waals surface area contributed by atoms with Crippen molar-refractivity contribution in [2.24, 2.45) is 7.05 Å². The normalized spacial score (nSPS) is 11.7. The zero-order valence-electron chi connectivity index (χ0n) is 21.7. The Morgan fingerprint density at radius 1 is 0.921 bits per heavy atom. The number of fused-ring (bicyclic) bond motifs is 1. The van der Waals surface area contributed by atoms with Gasteiger partial charge >= 0.3 is 6.03 Å². The summed E-state index contributed by atoms with van der Waals surface area (Å²) in [6.07, 6.45) is 3.65. The molecule has 2 N–H and O–H groups in total. The molecular weight excluding hydrogens is 521 g/mol. The quantitative estimate of drug-likeness (QED) is 0.245. The Hall–Kier alpha value is -3.88. The number of benzene rings is 2. The number of anilines is 2. The van der Waals surface area contributed by atoms with Crippen LogP contribution in [0.15, 0.2) is 60.9 Å². The molecule has 2 amide bonds. The maximum atomic E-state index is 13.0. The van der Waals surface area contributed by atoms with E-state index in [0.717, 1.165) is 33.4 Å². The third-order valence-electron chi connectivity index (χ3n) is 6.20. The number of rotatable bonds is 4. The molecule has 0 saturated heterocycles. The molecular formula is C28H27Cl2N7O. The lowest BCUT2D eigenvalue weighted by Gasteiger charge is -2.14. The minimum absolute atomic E-state index is 0.235. The Kier molecular flexibility index (Phi) is 6.63. The van der Waals surface area contributed by atoms with Crippen molar-refractivity contribution in [1.82, 2.24) is 24.5 Å². The number of urea groups is 1. The summed E-state index contributed by atoms with van der Waals surface area (Å²) in [6.45, 7) is 8.15. The fourth-order valence-corrected chi connectivity index (χ4v) is 4.84. The lowest BCUT2D eigenvalue weighted by Crippen LogP contribution is -2.21. The number of carbonyl (C=O) groups is 1. The molecule has 194 valence electrons. The first-order chi connectivity index (χ1) is 18.0. The van der Waals surface area contributed by atoms with Crippen molar-refractivity contribution in [3.8, 4) is 16.8 Å². The lowest BCUT2D eigenvalue weighted by molar-refractivity contribution is 0.262. The summed E-state index contributed by atoms with van der Waals surface area (Å²) in [4.78, 5) is 17.4. The van der Waals surface area contributed by atoms with Crippen LogP contribution in [0.5, 0.6) is 0 Å². The van der Waals surface area contributed by atoms with E-state index in [4.69, 9.17) is 28.3 Å². The summed E-state index contributed by atoms with van der Waals surface area (Å²) in [5.74, 6) is 0.493. The Labute approximate surface area is 230 Å². The number of nitrogens with zero attached hydrogens (tertiary/aromatic N) is 5. The van der Waals surface area contributed by atoms with Gasteiger partial charge in [0.15, 0.2) is 0 Å². The van der Waals surface area contributed by atoms with Gasteiger partial charge in [-0.3, -0.25) is 15.0 Å². The molecule has 3 aromatic heterocycles. The van der Waals surface area contributed by atoms with Gasteiger partial charge in [-0.2, -0.15) is 10.2 Å². The molecule has 0 fully saturated rings. The van der Waals surface area contributed by atoms with Gasteiger partial charge in [0, 0.05) is 51.4 Å². The van der Waals surface area contributed by atoms with Crippen LogP contribution in [0, 0.1) is 6.92 Å². The summed E-state index contributed by atoms with van der Waals surface area (Å²) in [5.41, 5.74) is 5.73. The third-order valence-corrected chi connectivity index (χ3v) is 6.64. The molecule has 0 spiro atoms. The number of halogens is 2. The van der Waals surface area contributed by atoms with E-state index in [1.54, 1.807) is 22.9 Å². The van der Waals surface area contributed by atoms with Crippen LogP contribution in [0.4, 0.5) is 16.3 Å². The molecule has 38 heavy (non-hydrogen) atoms. The second-order valence-corrected chi connectivity index (χ2v) is 11.0. The van der Waals surface area contributed by atoms with E-state index in [-0.39, 0.29) is 5.41 Å². The van der Waals surface area contributed by atoms with Crippen LogP contribution in [-0.4, -0.2) is 30.6 Å². The van der Waals surface area contributed by atoms with Crippen LogP contribution >= 0.6 is 23.2 Å². The first kappa shape index (κ1) is 25.8. The highest BCUT2D eigenvalue weighted by Gasteiger charge is 2.22. The molecule has 3 heterocycles. The van der Waals surface area contributed by atoms with Crippen LogP contribution in [0.3, 0.4) is 0 Å². The van der Waals surface area contributed by atoms with Gasteiger partial charge in [0.2, 0.25) is 0 Å². The van der Waals surface area contributed by atoms with Gasteiger partial charge in [0.25, 0.3) is 0 Å². The van der Waals surface area contributed by atoms with Crippen molar-refractivity contribution in [3.05, 3.63) is 82.4 Å². The highest BCUT2D eigenvalue weighted by Crippen LogP contribution is 2.31. The molecule has 5 rings (SSSR count). The minimum atomic E-state index is -0.403. The first-order valence-corrected chi connectivity index (χ1v) is 12.8. The molecule has 8 nitrogen and oxygen atoms in total. The Morgan fingerprint density at radius 2 is 1.61 bits per heavy atom. The number of carbonyl (C=O) groups excluding carboxylic acids is 1. The maximum Gasteiger partial charge on any atom is 0.324 e. The Balaban J connectivity index is 1.39. The molecule has 0 aliphatic heterocycles. The third kappa shape index (κ3) is 5.10. The second kappa shape index (κ2) is 9.78. The van der Waals surface area contributed by atoms with Crippen LogP contribution < -0.4 is 10.6 Å². The Morgan fingerprint density at radius 3 is 2.26 bits per heavy atom. The van der Waals surface area contributed by atoms with E-state index in [1.165, 1.54) is 0 Å². The SMILES string of the molecule is Cc1nn(C)c2cncc(-c3ccc(NC(=O)Nc4cc(C(C)(C)C)nn4-c4cc(Cl)cc(Cl)c4)cc3)c12. The van der Waals surface area contributed by atoms with Crippen molar-refractivity contribution < 1.29 is 4.79 Å². The summed E-state index contributed by atoms with van der Waals surface area (Å²) < 4.78 is 3.46. The highest BCUT2D eigenvalue weighted by molar-refractivity contribution is 6.34. The summed E-state index contributed by atoms with van der Waals surface area (Å²) in [6, 6.07) is 14.2. The molecule has 0 aliphatic rings. The predicted molar refractivity (Wildman–Crippen MR) is 154 cm³/mol. The van der Waals surface area contributed by atoms with Gasteiger partial charge in [-0.15, -0.1) is 0 Å². The van der Waals surface area contributed by atoms with Crippen molar-refractivity contribution in [3.63, 3.8) is 0 Å². The van der Waals surface area contributed by atoms with E-state index >= 15 is 0 Å². The van der Waals surface area contributed by atoms with Crippen molar-refractivity contribution in [2.75, 3.05) is 10.6 Å². The van der Waals surface area contributed by atoms with Crippen LogP contribution in [0.2, 0.25) is 10.0 Å². The topological polar surface area (TPSA) is 89.7 Å². The van der Waals surface area contributed by atoms with Crippen LogP contribution in [0.1, 0.15) is 32.2 Å². The summed E-state index contributed by atoms with van der Waals surface area (Å²) in [7, 11) is 1.91. The van der Waals surface area contributed by atoms with Crippen LogP contribution in [0.25, 0.3) is 27.7 Å². The Bertz CT molecular complexity index is 1640. The average molecular weight is 548 g/mol. The molecule has 0 atom stereocenters. The number of hydrogen-bond acceptors (Lipinski definition) is 4. The largest absolute Gasteiger partial charge is 0.324 e. The summed E-state index contributed by atoms with van der Waals surface area (Å²) in [5, 5.41) is 17.1. The van der Waals surface area contributed by atoms with E-state index < -0.39 is 6.03 Å². The number of aryl methyl sites for hydroxylation is 2. The summed E-state index contributed by atoms with van der Waals surface area (Å²) >= 11 is 12.5. The zero-order valence-corrected chi connectivity index (χ0v) is 23.2. The molecule has 0 aliphatic carbocycles. The number of hydrogen-bond donors (Lipinski definition) is 2. The molecule has 0 unspecified atom stereocenters. The number of aromatic nitrogens is 5. The molecule has 0 radical (unpaired) electrons. The minimum Gasteiger partial charge on any atom is -0.308 e.